The number of allylic oxidation sites excluding steroid dienone is 1. The van der Waals surface area contributed by atoms with E-state index < -0.39 is 0 Å². The number of rotatable bonds is 7. The van der Waals surface area contributed by atoms with Crippen LogP contribution in [0.25, 0.3) is 0 Å². The second-order valence-corrected chi connectivity index (χ2v) is 6.20. The molecule has 1 amide bonds. The van der Waals surface area contributed by atoms with Crippen molar-refractivity contribution in [1.29, 1.82) is 0 Å². The number of ether oxygens (including phenoxy) is 2. The normalized spacial score (nSPS) is 20.6. The molecule has 23 heavy (non-hydrogen) atoms. The number of hydrogen-bond donors (Lipinski definition) is 1. The second kappa shape index (κ2) is 8.61. The van der Waals surface area contributed by atoms with Crippen LogP contribution in [0.1, 0.15) is 38.2 Å². The number of amides is 1. The molecule has 0 bridgehead atoms. The number of methoxy groups -OCH3 is 1. The van der Waals surface area contributed by atoms with Crippen molar-refractivity contribution >= 4 is 5.91 Å². The van der Waals surface area contributed by atoms with E-state index in [1.54, 1.807) is 7.11 Å². The lowest BCUT2D eigenvalue weighted by molar-refractivity contribution is -0.124. The Kier molecular flexibility index (Phi) is 6.51. The Hall–Kier alpha value is -1.97. The highest BCUT2D eigenvalue weighted by Gasteiger charge is 2.22. The van der Waals surface area contributed by atoms with Crippen LogP contribution < -0.4 is 14.8 Å². The molecule has 0 spiro atoms. The molecular formula is C19H27NO3. The van der Waals surface area contributed by atoms with Gasteiger partial charge in [-0.05, 0) is 42.9 Å². The van der Waals surface area contributed by atoms with Crippen molar-refractivity contribution in [2.24, 2.45) is 5.92 Å². The lowest BCUT2D eigenvalue weighted by Crippen LogP contribution is -2.43. The van der Waals surface area contributed by atoms with E-state index in [4.69, 9.17) is 9.47 Å². The summed E-state index contributed by atoms with van der Waals surface area (Å²) in [5.41, 5.74) is 1.10. The van der Waals surface area contributed by atoms with Gasteiger partial charge in [0.25, 0.3) is 5.91 Å². The molecule has 1 aromatic carbocycles. The zero-order chi connectivity index (χ0) is 16.7. The molecule has 2 atom stereocenters. The van der Waals surface area contributed by atoms with E-state index in [-0.39, 0.29) is 18.6 Å². The van der Waals surface area contributed by atoms with E-state index >= 15 is 0 Å². The first-order valence-electron chi connectivity index (χ1n) is 8.34. The van der Waals surface area contributed by atoms with Gasteiger partial charge in [-0.3, -0.25) is 4.79 Å². The standard InChI is InChI=1S/C19H27NO3/c1-4-7-15-10-11-17(18(12-15)22-3)23-13-19(21)20-16-9-6-5-8-14(16)2/h4,10-12,14,16H,1,5-9,13H2,2-3H3,(H,20,21)/t14-,16+/m0/s1. The molecule has 126 valence electrons. The summed E-state index contributed by atoms with van der Waals surface area (Å²) in [5, 5.41) is 3.09. The van der Waals surface area contributed by atoms with E-state index in [0.717, 1.165) is 18.4 Å². The van der Waals surface area contributed by atoms with Gasteiger partial charge in [0.1, 0.15) is 0 Å². The van der Waals surface area contributed by atoms with Crippen molar-refractivity contribution in [1.82, 2.24) is 5.32 Å². The number of hydrogen-bond acceptors (Lipinski definition) is 3. The van der Waals surface area contributed by atoms with Gasteiger partial charge in [-0.25, -0.2) is 0 Å². The highest BCUT2D eigenvalue weighted by molar-refractivity contribution is 5.78. The van der Waals surface area contributed by atoms with E-state index in [1.807, 2.05) is 24.3 Å². The summed E-state index contributed by atoms with van der Waals surface area (Å²) in [6, 6.07) is 5.99. The minimum Gasteiger partial charge on any atom is -0.493 e. The number of benzene rings is 1. The predicted molar refractivity (Wildman–Crippen MR) is 92.0 cm³/mol. The fourth-order valence-electron chi connectivity index (χ4n) is 3.05. The highest BCUT2D eigenvalue weighted by atomic mass is 16.5. The largest absolute Gasteiger partial charge is 0.493 e. The maximum Gasteiger partial charge on any atom is 0.258 e. The van der Waals surface area contributed by atoms with Crippen LogP contribution in [-0.4, -0.2) is 25.7 Å². The Morgan fingerprint density at radius 1 is 1.35 bits per heavy atom. The Bertz CT molecular complexity index is 541. The quantitative estimate of drug-likeness (QED) is 0.783. The van der Waals surface area contributed by atoms with E-state index in [1.165, 1.54) is 19.3 Å². The zero-order valence-corrected chi connectivity index (χ0v) is 14.1. The fourth-order valence-corrected chi connectivity index (χ4v) is 3.05. The maximum atomic E-state index is 12.1. The zero-order valence-electron chi connectivity index (χ0n) is 14.1. The van der Waals surface area contributed by atoms with E-state index in [9.17, 15) is 4.79 Å². The molecule has 4 heteroatoms. The fraction of sp³-hybridized carbons (Fsp3) is 0.526. The third-order valence-corrected chi connectivity index (χ3v) is 4.42. The monoisotopic (exact) mass is 317 g/mol. The molecule has 4 nitrogen and oxygen atoms in total. The summed E-state index contributed by atoms with van der Waals surface area (Å²) < 4.78 is 11.0. The molecule has 0 unspecified atom stereocenters. The van der Waals surface area contributed by atoms with E-state index in [2.05, 4.69) is 18.8 Å². The molecule has 0 saturated heterocycles. The average Bonchev–Trinajstić information content (AvgIpc) is 2.56. The van der Waals surface area contributed by atoms with Gasteiger partial charge in [0.2, 0.25) is 0 Å². The van der Waals surface area contributed by atoms with Crippen LogP contribution in [0, 0.1) is 5.92 Å². The lowest BCUT2D eigenvalue weighted by Gasteiger charge is -2.29. The average molecular weight is 317 g/mol. The third kappa shape index (κ3) is 5.02. The smallest absolute Gasteiger partial charge is 0.258 e. The molecule has 0 aliphatic heterocycles. The summed E-state index contributed by atoms with van der Waals surface area (Å²) in [4.78, 5) is 12.1. The maximum absolute atomic E-state index is 12.1. The molecule has 1 aliphatic rings. The molecule has 1 saturated carbocycles. The van der Waals surface area contributed by atoms with Crippen LogP contribution in [0.3, 0.4) is 0 Å². The SMILES string of the molecule is C=CCc1ccc(OCC(=O)N[C@@H]2CCCC[C@@H]2C)c(OC)c1. The first kappa shape index (κ1) is 17.4. The molecule has 1 aromatic rings. The minimum atomic E-state index is -0.0685. The minimum absolute atomic E-state index is 0.0143. The lowest BCUT2D eigenvalue weighted by atomic mass is 9.86. The van der Waals surface area contributed by atoms with Gasteiger partial charge in [0.15, 0.2) is 18.1 Å². The summed E-state index contributed by atoms with van der Waals surface area (Å²) in [6.45, 7) is 5.94. The predicted octanol–water partition coefficient (Wildman–Crippen LogP) is 3.50. The summed E-state index contributed by atoms with van der Waals surface area (Å²) in [5.74, 6) is 1.71. The first-order valence-corrected chi connectivity index (χ1v) is 8.34. The van der Waals surface area contributed by atoms with Crippen LogP contribution >= 0.6 is 0 Å². The van der Waals surface area contributed by atoms with Crippen molar-refractivity contribution in [3.8, 4) is 11.5 Å². The summed E-state index contributed by atoms with van der Waals surface area (Å²) in [6.07, 6.45) is 7.31. The second-order valence-electron chi connectivity index (χ2n) is 6.20. The Morgan fingerprint density at radius 2 is 2.13 bits per heavy atom. The molecule has 0 radical (unpaired) electrons. The van der Waals surface area contributed by atoms with Gasteiger partial charge in [-0.1, -0.05) is 31.9 Å². The van der Waals surface area contributed by atoms with Gasteiger partial charge in [0.05, 0.1) is 7.11 Å². The van der Waals surface area contributed by atoms with Crippen molar-refractivity contribution in [2.75, 3.05) is 13.7 Å². The van der Waals surface area contributed by atoms with Gasteiger partial charge >= 0.3 is 0 Å². The van der Waals surface area contributed by atoms with Crippen LogP contribution in [0.4, 0.5) is 0 Å². The van der Waals surface area contributed by atoms with Gasteiger partial charge in [0, 0.05) is 6.04 Å². The van der Waals surface area contributed by atoms with Gasteiger partial charge in [-0.2, -0.15) is 0 Å². The van der Waals surface area contributed by atoms with Gasteiger partial charge < -0.3 is 14.8 Å². The molecule has 0 aromatic heterocycles. The third-order valence-electron chi connectivity index (χ3n) is 4.42. The summed E-state index contributed by atoms with van der Waals surface area (Å²) >= 11 is 0. The van der Waals surface area contributed by atoms with Crippen molar-refractivity contribution in [3.63, 3.8) is 0 Å². The molecule has 1 aliphatic carbocycles. The number of nitrogens with one attached hydrogen (secondary N) is 1. The topological polar surface area (TPSA) is 47.6 Å². The van der Waals surface area contributed by atoms with Gasteiger partial charge in [-0.15, -0.1) is 6.58 Å². The number of carbonyl (C=O) groups is 1. The Balaban J connectivity index is 1.89. The first-order chi connectivity index (χ1) is 11.1. The Labute approximate surface area is 138 Å². The van der Waals surface area contributed by atoms with Crippen molar-refractivity contribution in [3.05, 3.63) is 36.4 Å². The summed E-state index contributed by atoms with van der Waals surface area (Å²) in [7, 11) is 1.60. The van der Waals surface area contributed by atoms with Crippen LogP contribution in [0.5, 0.6) is 11.5 Å². The molecule has 1 N–H and O–H groups in total. The van der Waals surface area contributed by atoms with Crippen molar-refractivity contribution < 1.29 is 14.3 Å². The van der Waals surface area contributed by atoms with Crippen molar-refractivity contribution in [2.45, 2.75) is 45.1 Å². The molecule has 0 heterocycles. The number of carbonyl (C=O) groups excluding carboxylic acids is 1. The Morgan fingerprint density at radius 3 is 2.83 bits per heavy atom. The molecule has 1 fully saturated rings. The highest BCUT2D eigenvalue weighted by Crippen LogP contribution is 2.28. The van der Waals surface area contributed by atoms with E-state index in [0.29, 0.717) is 17.4 Å². The van der Waals surface area contributed by atoms with Crippen LogP contribution in [-0.2, 0) is 11.2 Å². The molecule has 2 rings (SSSR count). The van der Waals surface area contributed by atoms with Crippen LogP contribution in [0.15, 0.2) is 30.9 Å². The van der Waals surface area contributed by atoms with Crippen LogP contribution in [0.2, 0.25) is 0 Å². The molecular weight excluding hydrogens is 290 g/mol.